The van der Waals surface area contributed by atoms with E-state index >= 15 is 0 Å². The molecular formula is C29H22Cl2N2O5. The zero-order valence-electron chi connectivity index (χ0n) is 20.2. The molecule has 1 fully saturated rings. The maximum Gasteiger partial charge on any atom is 0.329 e. The molecule has 0 saturated carbocycles. The molecule has 3 aliphatic carbocycles. The highest BCUT2D eigenvalue weighted by atomic mass is 35.5. The minimum atomic E-state index is -1.19. The van der Waals surface area contributed by atoms with Gasteiger partial charge in [0.2, 0.25) is 11.8 Å². The van der Waals surface area contributed by atoms with Crippen molar-refractivity contribution in [3.63, 3.8) is 0 Å². The molecule has 0 aromatic heterocycles. The number of carbonyl (C=O) groups is 4. The molecule has 3 amide bonds. The van der Waals surface area contributed by atoms with E-state index in [9.17, 15) is 19.2 Å². The van der Waals surface area contributed by atoms with E-state index < -0.39 is 48.2 Å². The first kappa shape index (κ1) is 24.6. The predicted molar refractivity (Wildman–Crippen MR) is 141 cm³/mol. The Balaban J connectivity index is 1.21. The number of amides is 3. The summed E-state index contributed by atoms with van der Waals surface area (Å²) in [7, 11) is 0. The van der Waals surface area contributed by atoms with E-state index in [2.05, 4.69) is 5.32 Å². The number of likely N-dealkylation sites (tertiary alicyclic amines) is 1. The monoisotopic (exact) mass is 548 g/mol. The number of carbonyl (C=O) groups excluding carboxylic acids is 4. The molecule has 1 aliphatic heterocycles. The molecule has 0 radical (unpaired) electrons. The van der Waals surface area contributed by atoms with Crippen molar-refractivity contribution >= 4 is 52.6 Å². The Morgan fingerprint density at radius 1 is 0.868 bits per heavy atom. The van der Waals surface area contributed by atoms with E-state index in [-0.39, 0.29) is 22.5 Å². The highest BCUT2D eigenvalue weighted by molar-refractivity contribution is 6.35. The molecule has 2 bridgehead atoms. The lowest BCUT2D eigenvalue weighted by Crippen LogP contribution is -2.45. The fourth-order valence-corrected chi connectivity index (χ4v) is 6.56. The minimum Gasteiger partial charge on any atom is -0.454 e. The molecule has 0 unspecified atom stereocenters. The number of hydrogen-bond acceptors (Lipinski definition) is 5. The van der Waals surface area contributed by atoms with Gasteiger partial charge in [-0.1, -0.05) is 71.7 Å². The van der Waals surface area contributed by atoms with Gasteiger partial charge in [0.05, 0.1) is 22.5 Å². The average Bonchev–Trinajstić information content (AvgIpc) is 3.19. The van der Waals surface area contributed by atoms with Crippen LogP contribution in [0, 0.1) is 11.8 Å². The minimum absolute atomic E-state index is 0.268. The summed E-state index contributed by atoms with van der Waals surface area (Å²) in [5.41, 5.74) is 4.47. The van der Waals surface area contributed by atoms with Crippen molar-refractivity contribution in [2.45, 2.75) is 24.8 Å². The van der Waals surface area contributed by atoms with Gasteiger partial charge in [-0.05, 0) is 47.4 Å². The van der Waals surface area contributed by atoms with Crippen molar-refractivity contribution in [3.8, 4) is 0 Å². The van der Waals surface area contributed by atoms with Crippen molar-refractivity contribution in [1.82, 2.24) is 4.90 Å². The van der Waals surface area contributed by atoms with Gasteiger partial charge in [0.25, 0.3) is 5.91 Å². The number of hydrogen-bond donors (Lipinski definition) is 1. The zero-order valence-corrected chi connectivity index (χ0v) is 21.7. The van der Waals surface area contributed by atoms with Gasteiger partial charge >= 0.3 is 5.97 Å². The highest BCUT2D eigenvalue weighted by Crippen LogP contribution is 2.61. The average molecular weight is 549 g/mol. The van der Waals surface area contributed by atoms with Crippen molar-refractivity contribution < 1.29 is 23.9 Å². The molecule has 4 aliphatic rings. The summed E-state index contributed by atoms with van der Waals surface area (Å²) in [5.74, 6) is -3.99. The molecule has 3 atom stereocenters. The second-order valence-corrected chi connectivity index (χ2v) is 10.6. The molecular weight excluding hydrogens is 527 g/mol. The first-order valence-electron chi connectivity index (χ1n) is 12.2. The van der Waals surface area contributed by atoms with Gasteiger partial charge in [-0.15, -0.1) is 0 Å². The van der Waals surface area contributed by atoms with Crippen LogP contribution in [0.15, 0.2) is 66.7 Å². The third-order valence-corrected chi connectivity index (χ3v) is 8.32. The van der Waals surface area contributed by atoms with E-state index in [0.717, 1.165) is 27.2 Å². The van der Waals surface area contributed by atoms with Gasteiger partial charge in [-0.3, -0.25) is 19.3 Å². The number of benzene rings is 3. The Bertz CT molecular complexity index is 1410. The van der Waals surface area contributed by atoms with Crippen LogP contribution >= 0.6 is 23.2 Å². The summed E-state index contributed by atoms with van der Waals surface area (Å²) >= 11 is 12.0. The third kappa shape index (κ3) is 3.72. The molecule has 7 nitrogen and oxygen atoms in total. The lowest BCUT2D eigenvalue weighted by Gasteiger charge is -2.45. The van der Waals surface area contributed by atoms with Crippen molar-refractivity contribution in [1.29, 1.82) is 0 Å². The molecule has 7 rings (SSSR count). The molecule has 1 heterocycles. The summed E-state index contributed by atoms with van der Waals surface area (Å²) in [5, 5.41) is 3.18. The summed E-state index contributed by atoms with van der Waals surface area (Å²) in [6.07, 6.45) is 0. The standard InChI is InChI=1S/C29H22Cl2N2O5/c1-14(29(37)38-13-22(34)32-21-12-15(30)10-11-20(21)31)33-27(35)25-23-16-6-2-3-7-17(16)24(26(25)28(33)36)19-9-5-4-8-18(19)23/h2-12,14,23-26H,13H2,1H3,(H,32,34)/t14-,23?,24?,25-,26+/m0/s1. The van der Waals surface area contributed by atoms with E-state index in [4.69, 9.17) is 27.9 Å². The number of rotatable bonds is 5. The number of nitrogens with zero attached hydrogens (tertiary/aromatic N) is 1. The van der Waals surface area contributed by atoms with Crippen LogP contribution in [0.4, 0.5) is 5.69 Å². The number of anilines is 1. The van der Waals surface area contributed by atoms with Crippen molar-refractivity contribution in [3.05, 3.63) is 99.0 Å². The second kappa shape index (κ2) is 9.26. The number of esters is 1. The van der Waals surface area contributed by atoms with Gasteiger partial charge in [0, 0.05) is 16.9 Å². The lowest BCUT2D eigenvalue weighted by atomic mass is 9.55. The van der Waals surface area contributed by atoms with Crippen LogP contribution in [0.1, 0.15) is 41.0 Å². The molecule has 38 heavy (non-hydrogen) atoms. The third-order valence-electron chi connectivity index (χ3n) is 7.76. The predicted octanol–water partition coefficient (Wildman–Crippen LogP) is 4.76. The number of nitrogens with one attached hydrogen (secondary N) is 1. The van der Waals surface area contributed by atoms with E-state index in [1.807, 2.05) is 48.5 Å². The summed E-state index contributed by atoms with van der Waals surface area (Å²) in [6, 6.07) is 19.2. The fourth-order valence-electron chi connectivity index (χ4n) is 6.22. The molecule has 192 valence electrons. The second-order valence-electron chi connectivity index (χ2n) is 9.77. The molecule has 3 aromatic carbocycles. The van der Waals surface area contributed by atoms with E-state index in [0.29, 0.717) is 5.02 Å². The Morgan fingerprint density at radius 2 is 1.37 bits per heavy atom. The first-order valence-corrected chi connectivity index (χ1v) is 13.0. The molecule has 0 spiro atoms. The SMILES string of the molecule is C[C@@H](C(=O)OCC(=O)Nc1cc(Cl)ccc1Cl)N1C(=O)[C@@H]2C3c4ccccc4C(c4ccccc43)[C@@H]2C1=O. The fraction of sp³-hybridized carbons (Fsp3) is 0.241. The van der Waals surface area contributed by atoms with Crippen LogP contribution in [-0.4, -0.2) is 41.2 Å². The first-order chi connectivity index (χ1) is 18.3. The molecule has 3 aromatic rings. The topological polar surface area (TPSA) is 92.8 Å². The molecule has 1 saturated heterocycles. The molecule has 9 heteroatoms. The summed E-state index contributed by atoms with van der Waals surface area (Å²) in [4.78, 5) is 53.8. The number of ether oxygens (including phenoxy) is 1. The maximum absolute atomic E-state index is 13.7. The Kier molecular flexibility index (Phi) is 6.00. The zero-order chi connectivity index (χ0) is 26.7. The molecule has 1 N–H and O–H groups in total. The van der Waals surface area contributed by atoms with E-state index in [1.54, 1.807) is 6.07 Å². The van der Waals surface area contributed by atoms with Crippen molar-refractivity contribution in [2.75, 3.05) is 11.9 Å². The van der Waals surface area contributed by atoms with Gasteiger partial charge in [0.1, 0.15) is 6.04 Å². The maximum atomic E-state index is 13.7. The van der Waals surface area contributed by atoms with Gasteiger partial charge in [0.15, 0.2) is 6.61 Å². The lowest BCUT2D eigenvalue weighted by molar-refractivity contribution is -0.159. The van der Waals surface area contributed by atoms with Crippen molar-refractivity contribution in [2.24, 2.45) is 11.8 Å². The smallest absolute Gasteiger partial charge is 0.329 e. The quantitative estimate of drug-likeness (QED) is 0.366. The Morgan fingerprint density at radius 3 is 1.87 bits per heavy atom. The number of halogens is 2. The normalized spacial score (nSPS) is 23.4. The van der Waals surface area contributed by atoms with Gasteiger partial charge < -0.3 is 10.1 Å². The Hall–Kier alpha value is -3.68. The van der Waals surface area contributed by atoms with Crippen LogP contribution in [-0.2, 0) is 23.9 Å². The van der Waals surface area contributed by atoms with Gasteiger partial charge in [-0.25, -0.2) is 4.79 Å². The highest BCUT2D eigenvalue weighted by Gasteiger charge is 2.62. The van der Waals surface area contributed by atoms with Crippen LogP contribution in [0.5, 0.6) is 0 Å². The largest absolute Gasteiger partial charge is 0.454 e. The van der Waals surface area contributed by atoms with Crippen LogP contribution in [0.2, 0.25) is 10.0 Å². The van der Waals surface area contributed by atoms with Gasteiger partial charge in [-0.2, -0.15) is 0 Å². The van der Waals surface area contributed by atoms with E-state index in [1.165, 1.54) is 19.1 Å². The summed E-state index contributed by atoms with van der Waals surface area (Å²) < 4.78 is 5.19. The van der Waals surface area contributed by atoms with Crippen LogP contribution < -0.4 is 5.32 Å². The summed E-state index contributed by atoms with van der Waals surface area (Å²) in [6.45, 7) is 0.834. The van der Waals surface area contributed by atoms with Crippen LogP contribution in [0.25, 0.3) is 0 Å². The Labute approximate surface area is 228 Å². The van der Waals surface area contributed by atoms with Crippen LogP contribution in [0.3, 0.4) is 0 Å². The number of imide groups is 1.